The highest BCUT2D eigenvalue weighted by molar-refractivity contribution is 6.29. The normalized spacial score (nSPS) is 10.3. The van der Waals surface area contributed by atoms with Crippen molar-refractivity contribution in [1.82, 2.24) is 9.97 Å². The molecule has 1 aromatic heterocycles. The molecule has 4 nitrogen and oxygen atoms in total. The van der Waals surface area contributed by atoms with Crippen LogP contribution in [0.2, 0.25) is 5.15 Å². The largest absolute Gasteiger partial charge is 0.493 e. The van der Waals surface area contributed by atoms with Crippen LogP contribution in [-0.4, -0.2) is 17.1 Å². The molecule has 0 unspecified atom stereocenters. The lowest BCUT2D eigenvalue weighted by Gasteiger charge is -2.10. The Morgan fingerprint density at radius 2 is 1.89 bits per heavy atom. The molecule has 2 aromatic rings. The molecule has 0 radical (unpaired) electrons. The molecule has 0 bridgehead atoms. The molecule has 0 aliphatic rings. The van der Waals surface area contributed by atoms with E-state index >= 15 is 0 Å². The average molecular weight is 279 g/mol. The van der Waals surface area contributed by atoms with E-state index in [0.29, 0.717) is 28.4 Å². The van der Waals surface area contributed by atoms with E-state index in [1.807, 2.05) is 24.3 Å². The van der Waals surface area contributed by atoms with Crippen molar-refractivity contribution in [3.8, 4) is 17.4 Å². The third-order valence-electron chi connectivity index (χ3n) is 2.47. The lowest BCUT2D eigenvalue weighted by atomic mass is 10.3. The topological polar surface area (TPSA) is 44.2 Å². The maximum Gasteiger partial charge on any atom is 0.224 e. The maximum absolute atomic E-state index is 5.96. The quantitative estimate of drug-likeness (QED) is 0.779. The van der Waals surface area contributed by atoms with Crippen LogP contribution < -0.4 is 9.47 Å². The Balaban J connectivity index is 2.27. The SMILES string of the molecule is CCCc1nc(Cl)cc(Oc2ccccc2OC)n1. The van der Waals surface area contributed by atoms with E-state index in [4.69, 9.17) is 21.1 Å². The van der Waals surface area contributed by atoms with Crippen molar-refractivity contribution in [3.63, 3.8) is 0 Å². The Morgan fingerprint density at radius 1 is 1.16 bits per heavy atom. The van der Waals surface area contributed by atoms with Gasteiger partial charge >= 0.3 is 0 Å². The first-order valence-corrected chi connectivity index (χ1v) is 6.45. The predicted molar refractivity (Wildman–Crippen MR) is 74.1 cm³/mol. The van der Waals surface area contributed by atoms with Crippen LogP contribution in [0.5, 0.6) is 17.4 Å². The third-order valence-corrected chi connectivity index (χ3v) is 2.67. The van der Waals surface area contributed by atoms with Crippen LogP contribution in [0.25, 0.3) is 0 Å². The Kier molecular flexibility index (Phi) is 4.58. The van der Waals surface area contributed by atoms with Gasteiger partial charge in [0, 0.05) is 12.5 Å². The van der Waals surface area contributed by atoms with Gasteiger partial charge in [0.25, 0.3) is 0 Å². The lowest BCUT2D eigenvalue weighted by Crippen LogP contribution is -1.98. The molecule has 0 aliphatic carbocycles. The van der Waals surface area contributed by atoms with E-state index in [9.17, 15) is 0 Å². The van der Waals surface area contributed by atoms with Gasteiger partial charge in [0.15, 0.2) is 11.5 Å². The fourth-order valence-corrected chi connectivity index (χ4v) is 1.84. The molecular weight excluding hydrogens is 264 g/mol. The number of ether oxygens (including phenoxy) is 2. The van der Waals surface area contributed by atoms with Gasteiger partial charge in [-0.2, -0.15) is 4.98 Å². The number of methoxy groups -OCH3 is 1. The van der Waals surface area contributed by atoms with E-state index in [1.54, 1.807) is 13.2 Å². The summed E-state index contributed by atoms with van der Waals surface area (Å²) in [6.45, 7) is 2.06. The highest BCUT2D eigenvalue weighted by atomic mass is 35.5. The smallest absolute Gasteiger partial charge is 0.224 e. The number of halogens is 1. The Labute approximate surface area is 117 Å². The van der Waals surface area contributed by atoms with Gasteiger partial charge in [0.1, 0.15) is 11.0 Å². The van der Waals surface area contributed by atoms with Crippen LogP contribution in [0.15, 0.2) is 30.3 Å². The molecule has 5 heteroatoms. The highest BCUT2D eigenvalue weighted by Crippen LogP contribution is 2.30. The fourth-order valence-electron chi connectivity index (χ4n) is 1.65. The van der Waals surface area contributed by atoms with Gasteiger partial charge in [0.2, 0.25) is 5.88 Å². The summed E-state index contributed by atoms with van der Waals surface area (Å²) in [6, 6.07) is 8.97. The van der Waals surface area contributed by atoms with Crippen molar-refractivity contribution in [2.75, 3.05) is 7.11 Å². The fraction of sp³-hybridized carbons (Fsp3) is 0.286. The molecule has 0 fully saturated rings. The minimum Gasteiger partial charge on any atom is -0.493 e. The molecule has 0 N–H and O–H groups in total. The van der Waals surface area contributed by atoms with E-state index in [-0.39, 0.29) is 0 Å². The van der Waals surface area contributed by atoms with Crippen LogP contribution in [-0.2, 0) is 6.42 Å². The molecule has 19 heavy (non-hydrogen) atoms. The second kappa shape index (κ2) is 6.38. The minimum absolute atomic E-state index is 0.378. The van der Waals surface area contributed by atoms with Gasteiger partial charge in [0.05, 0.1) is 7.11 Å². The Bertz CT molecular complexity index is 561. The van der Waals surface area contributed by atoms with Crippen molar-refractivity contribution in [2.45, 2.75) is 19.8 Å². The van der Waals surface area contributed by atoms with Crippen LogP contribution in [0, 0.1) is 0 Å². The molecule has 0 amide bonds. The summed E-state index contributed by atoms with van der Waals surface area (Å²) in [4.78, 5) is 8.47. The molecule has 1 heterocycles. The zero-order valence-corrected chi connectivity index (χ0v) is 11.6. The molecule has 0 aliphatic heterocycles. The van der Waals surface area contributed by atoms with E-state index in [2.05, 4.69) is 16.9 Å². The lowest BCUT2D eigenvalue weighted by molar-refractivity contribution is 0.373. The van der Waals surface area contributed by atoms with Crippen molar-refractivity contribution < 1.29 is 9.47 Å². The first-order chi connectivity index (χ1) is 9.22. The average Bonchev–Trinajstić information content (AvgIpc) is 2.39. The molecule has 0 saturated carbocycles. The van der Waals surface area contributed by atoms with Crippen LogP contribution in [0.4, 0.5) is 0 Å². The molecular formula is C14H15ClN2O2. The number of hydrogen-bond acceptors (Lipinski definition) is 4. The first kappa shape index (κ1) is 13.6. The number of para-hydroxylation sites is 2. The monoisotopic (exact) mass is 278 g/mol. The summed E-state index contributed by atoms with van der Waals surface area (Å²) in [7, 11) is 1.59. The van der Waals surface area contributed by atoms with Crippen molar-refractivity contribution in [2.24, 2.45) is 0 Å². The zero-order chi connectivity index (χ0) is 13.7. The van der Waals surface area contributed by atoms with Gasteiger partial charge in [-0.15, -0.1) is 0 Å². The Morgan fingerprint density at radius 3 is 2.58 bits per heavy atom. The highest BCUT2D eigenvalue weighted by Gasteiger charge is 2.08. The molecule has 2 rings (SSSR count). The predicted octanol–water partition coefficient (Wildman–Crippen LogP) is 3.88. The van der Waals surface area contributed by atoms with Crippen molar-refractivity contribution >= 4 is 11.6 Å². The van der Waals surface area contributed by atoms with Crippen LogP contribution in [0.3, 0.4) is 0 Å². The van der Waals surface area contributed by atoms with Gasteiger partial charge in [-0.3, -0.25) is 0 Å². The standard InChI is InChI=1S/C14H15ClN2O2/c1-3-6-13-16-12(15)9-14(17-13)19-11-8-5-4-7-10(11)18-2/h4-5,7-9H,3,6H2,1-2H3. The number of hydrogen-bond donors (Lipinski definition) is 0. The molecule has 100 valence electrons. The third kappa shape index (κ3) is 3.58. The Hall–Kier alpha value is -1.81. The van der Waals surface area contributed by atoms with Crippen molar-refractivity contribution in [3.05, 3.63) is 41.3 Å². The molecule has 0 spiro atoms. The van der Waals surface area contributed by atoms with Crippen LogP contribution in [0.1, 0.15) is 19.2 Å². The van der Waals surface area contributed by atoms with Gasteiger partial charge in [-0.05, 0) is 18.6 Å². The summed E-state index contributed by atoms with van der Waals surface area (Å²) in [5.41, 5.74) is 0. The van der Waals surface area contributed by atoms with Crippen LogP contribution >= 0.6 is 11.6 Å². The molecule has 0 saturated heterocycles. The summed E-state index contributed by atoms with van der Waals surface area (Å²) < 4.78 is 10.9. The summed E-state index contributed by atoms with van der Waals surface area (Å²) in [5.74, 6) is 2.35. The van der Waals surface area contributed by atoms with Gasteiger partial charge in [-0.1, -0.05) is 30.7 Å². The summed E-state index contributed by atoms with van der Waals surface area (Å²) in [6.07, 6.45) is 1.72. The maximum atomic E-state index is 5.96. The van der Waals surface area contributed by atoms with E-state index in [0.717, 1.165) is 12.8 Å². The summed E-state index contributed by atoms with van der Waals surface area (Å²) >= 11 is 5.96. The number of aromatic nitrogens is 2. The first-order valence-electron chi connectivity index (χ1n) is 6.07. The van der Waals surface area contributed by atoms with Crippen molar-refractivity contribution in [1.29, 1.82) is 0 Å². The van der Waals surface area contributed by atoms with Gasteiger partial charge in [-0.25, -0.2) is 4.98 Å². The summed E-state index contributed by atoms with van der Waals surface area (Å²) in [5, 5.41) is 0.378. The number of aryl methyl sites for hydroxylation is 1. The second-order valence-electron chi connectivity index (χ2n) is 3.95. The number of rotatable bonds is 5. The number of benzene rings is 1. The zero-order valence-electron chi connectivity index (χ0n) is 10.9. The van der Waals surface area contributed by atoms with Gasteiger partial charge < -0.3 is 9.47 Å². The second-order valence-corrected chi connectivity index (χ2v) is 4.34. The number of nitrogens with zero attached hydrogens (tertiary/aromatic N) is 2. The minimum atomic E-state index is 0.378. The van der Waals surface area contributed by atoms with E-state index < -0.39 is 0 Å². The van der Waals surface area contributed by atoms with E-state index in [1.165, 1.54) is 0 Å². The molecule has 0 atom stereocenters. The molecule has 1 aromatic carbocycles.